The topological polar surface area (TPSA) is 55.1 Å². The van der Waals surface area contributed by atoms with Gasteiger partial charge in [0.1, 0.15) is 0 Å². The van der Waals surface area contributed by atoms with Crippen LogP contribution in [0.15, 0.2) is 30.3 Å². The van der Waals surface area contributed by atoms with Crippen LogP contribution in [0.4, 0.5) is 0 Å². The van der Waals surface area contributed by atoms with Crippen molar-refractivity contribution >= 4 is 5.91 Å². The van der Waals surface area contributed by atoms with Gasteiger partial charge in [0.05, 0.1) is 12.1 Å². The van der Waals surface area contributed by atoms with E-state index in [1.165, 1.54) is 0 Å². The fraction of sp³-hybridized carbons (Fsp3) is 0.533. The lowest BCUT2D eigenvalue weighted by Gasteiger charge is -2.32. The second-order valence-corrected chi connectivity index (χ2v) is 5.73. The summed E-state index contributed by atoms with van der Waals surface area (Å²) < 4.78 is 0. The van der Waals surface area contributed by atoms with Crippen molar-refractivity contribution in [3.63, 3.8) is 0 Å². The molecule has 0 aromatic heterocycles. The number of amides is 1. The molecule has 2 atom stereocenters. The number of hydrogen-bond donors (Lipinski definition) is 2. The monoisotopic (exact) mass is 248 g/mol. The summed E-state index contributed by atoms with van der Waals surface area (Å²) in [6.07, 6.45) is 0.650. The predicted molar refractivity (Wildman–Crippen MR) is 75.0 cm³/mol. The molecule has 0 fully saturated rings. The Hall–Kier alpha value is -1.35. The Bertz CT molecular complexity index is 381. The summed E-state index contributed by atoms with van der Waals surface area (Å²) in [6, 6.07) is 9.56. The van der Waals surface area contributed by atoms with Gasteiger partial charge in [0.2, 0.25) is 5.91 Å². The van der Waals surface area contributed by atoms with Crippen LogP contribution in [0.5, 0.6) is 0 Å². The van der Waals surface area contributed by atoms with Gasteiger partial charge in [0, 0.05) is 0 Å². The largest absolute Gasteiger partial charge is 0.347 e. The van der Waals surface area contributed by atoms with Crippen LogP contribution >= 0.6 is 0 Å². The molecule has 1 unspecified atom stereocenters. The molecule has 0 spiro atoms. The standard InChI is InChI=1S/C15H24N2O/c1-5-12(16)14(18)17-13(15(2,3)4)11-9-7-6-8-10-11/h6-10,12-13H,5,16H2,1-4H3,(H,17,18)/t12-,13?/m0/s1. The van der Waals surface area contributed by atoms with Gasteiger partial charge < -0.3 is 11.1 Å². The van der Waals surface area contributed by atoms with E-state index in [0.717, 1.165) is 5.56 Å². The molecule has 0 radical (unpaired) electrons. The van der Waals surface area contributed by atoms with Gasteiger partial charge in [-0.2, -0.15) is 0 Å². The van der Waals surface area contributed by atoms with E-state index >= 15 is 0 Å². The van der Waals surface area contributed by atoms with Crippen LogP contribution in [0.2, 0.25) is 0 Å². The number of nitrogens with one attached hydrogen (secondary N) is 1. The summed E-state index contributed by atoms with van der Waals surface area (Å²) in [4.78, 5) is 12.0. The molecule has 0 saturated carbocycles. The van der Waals surface area contributed by atoms with Gasteiger partial charge in [0.15, 0.2) is 0 Å². The number of rotatable bonds is 4. The average molecular weight is 248 g/mol. The lowest BCUT2D eigenvalue weighted by Crippen LogP contribution is -2.45. The van der Waals surface area contributed by atoms with Crippen LogP contribution in [0, 0.1) is 5.41 Å². The minimum absolute atomic E-state index is 0.0243. The minimum Gasteiger partial charge on any atom is -0.347 e. The number of hydrogen-bond acceptors (Lipinski definition) is 2. The Morgan fingerprint density at radius 1 is 1.28 bits per heavy atom. The highest BCUT2D eigenvalue weighted by Gasteiger charge is 2.28. The van der Waals surface area contributed by atoms with Crippen molar-refractivity contribution in [3.8, 4) is 0 Å². The van der Waals surface area contributed by atoms with Crippen molar-refractivity contribution in [2.75, 3.05) is 0 Å². The van der Waals surface area contributed by atoms with Crippen molar-refractivity contribution in [2.45, 2.75) is 46.2 Å². The molecule has 0 aliphatic heterocycles. The first-order chi connectivity index (χ1) is 8.36. The smallest absolute Gasteiger partial charge is 0.237 e. The second-order valence-electron chi connectivity index (χ2n) is 5.73. The summed E-state index contributed by atoms with van der Waals surface area (Å²) in [7, 11) is 0. The molecule has 100 valence electrons. The first-order valence-electron chi connectivity index (χ1n) is 6.47. The van der Waals surface area contributed by atoms with E-state index in [1.807, 2.05) is 37.3 Å². The van der Waals surface area contributed by atoms with Gasteiger partial charge in [-0.1, -0.05) is 58.0 Å². The lowest BCUT2D eigenvalue weighted by molar-refractivity contribution is -0.124. The van der Waals surface area contributed by atoms with E-state index in [1.54, 1.807) is 0 Å². The molecular weight excluding hydrogens is 224 g/mol. The Balaban J connectivity index is 2.92. The molecule has 1 amide bonds. The average Bonchev–Trinajstić information content (AvgIpc) is 2.34. The van der Waals surface area contributed by atoms with Crippen molar-refractivity contribution in [1.29, 1.82) is 0 Å². The van der Waals surface area contributed by atoms with Crippen LogP contribution in [0.25, 0.3) is 0 Å². The molecule has 0 saturated heterocycles. The molecule has 0 heterocycles. The van der Waals surface area contributed by atoms with Crippen LogP contribution < -0.4 is 11.1 Å². The highest BCUT2D eigenvalue weighted by atomic mass is 16.2. The quantitative estimate of drug-likeness (QED) is 0.860. The fourth-order valence-corrected chi connectivity index (χ4v) is 1.88. The van der Waals surface area contributed by atoms with E-state index in [9.17, 15) is 4.79 Å². The summed E-state index contributed by atoms with van der Waals surface area (Å²) >= 11 is 0. The van der Waals surface area contributed by atoms with Crippen LogP contribution in [-0.4, -0.2) is 11.9 Å². The third kappa shape index (κ3) is 3.84. The molecule has 3 N–H and O–H groups in total. The molecule has 1 aromatic rings. The zero-order valence-electron chi connectivity index (χ0n) is 11.7. The fourth-order valence-electron chi connectivity index (χ4n) is 1.88. The summed E-state index contributed by atoms with van der Waals surface area (Å²) in [5.74, 6) is -0.0821. The number of benzene rings is 1. The van der Waals surface area contributed by atoms with E-state index in [-0.39, 0.29) is 17.4 Å². The lowest BCUT2D eigenvalue weighted by atomic mass is 9.82. The maximum Gasteiger partial charge on any atom is 0.237 e. The molecule has 3 heteroatoms. The molecule has 0 bridgehead atoms. The first kappa shape index (κ1) is 14.7. The van der Waals surface area contributed by atoms with E-state index in [0.29, 0.717) is 6.42 Å². The molecule has 1 aromatic carbocycles. The van der Waals surface area contributed by atoms with Gasteiger partial charge in [0.25, 0.3) is 0 Å². The van der Waals surface area contributed by atoms with Crippen molar-refractivity contribution in [2.24, 2.45) is 11.1 Å². The Morgan fingerprint density at radius 3 is 2.28 bits per heavy atom. The highest BCUT2D eigenvalue weighted by molar-refractivity contribution is 5.81. The normalized spacial score (nSPS) is 14.9. The van der Waals surface area contributed by atoms with Crippen molar-refractivity contribution in [1.82, 2.24) is 5.32 Å². The molecule has 3 nitrogen and oxygen atoms in total. The van der Waals surface area contributed by atoms with Crippen LogP contribution in [0.1, 0.15) is 45.7 Å². The minimum atomic E-state index is -0.432. The maximum atomic E-state index is 12.0. The number of carbonyl (C=O) groups excluding carboxylic acids is 1. The Kier molecular flexibility index (Phi) is 4.91. The Morgan fingerprint density at radius 2 is 1.83 bits per heavy atom. The van der Waals surface area contributed by atoms with Gasteiger partial charge in [-0.05, 0) is 17.4 Å². The summed E-state index contributed by atoms with van der Waals surface area (Å²) in [5, 5.41) is 3.06. The summed E-state index contributed by atoms with van der Waals surface area (Å²) in [5.41, 5.74) is 6.84. The van der Waals surface area contributed by atoms with E-state index < -0.39 is 6.04 Å². The molecule has 18 heavy (non-hydrogen) atoms. The van der Waals surface area contributed by atoms with Gasteiger partial charge in [-0.3, -0.25) is 4.79 Å². The Labute approximate surface area is 110 Å². The molecule has 1 rings (SSSR count). The van der Waals surface area contributed by atoms with Crippen molar-refractivity contribution < 1.29 is 4.79 Å². The zero-order chi connectivity index (χ0) is 13.8. The third-order valence-corrected chi connectivity index (χ3v) is 3.06. The molecule has 0 aliphatic rings. The number of carbonyl (C=O) groups is 1. The number of nitrogens with two attached hydrogens (primary N) is 1. The zero-order valence-corrected chi connectivity index (χ0v) is 11.7. The van der Waals surface area contributed by atoms with Gasteiger partial charge in [-0.15, -0.1) is 0 Å². The third-order valence-electron chi connectivity index (χ3n) is 3.06. The highest BCUT2D eigenvalue weighted by Crippen LogP contribution is 2.32. The maximum absolute atomic E-state index is 12.0. The summed E-state index contributed by atoms with van der Waals surface area (Å²) in [6.45, 7) is 8.26. The second kappa shape index (κ2) is 6.01. The van der Waals surface area contributed by atoms with E-state index in [2.05, 4.69) is 26.1 Å². The molecule has 0 aliphatic carbocycles. The molecular formula is C15H24N2O. The SMILES string of the molecule is CC[C@H](N)C(=O)NC(c1ccccc1)C(C)(C)C. The van der Waals surface area contributed by atoms with Crippen LogP contribution in [-0.2, 0) is 4.79 Å². The van der Waals surface area contributed by atoms with Gasteiger partial charge in [-0.25, -0.2) is 0 Å². The predicted octanol–water partition coefficient (Wildman–Crippen LogP) is 2.63. The van der Waals surface area contributed by atoms with Crippen LogP contribution in [0.3, 0.4) is 0 Å². The first-order valence-corrected chi connectivity index (χ1v) is 6.47. The van der Waals surface area contributed by atoms with E-state index in [4.69, 9.17) is 5.73 Å². The van der Waals surface area contributed by atoms with Crippen molar-refractivity contribution in [3.05, 3.63) is 35.9 Å². The van der Waals surface area contributed by atoms with Gasteiger partial charge >= 0.3 is 0 Å².